The van der Waals surface area contributed by atoms with Crippen molar-refractivity contribution in [2.45, 2.75) is 18.6 Å². The minimum absolute atomic E-state index is 0.230. The maximum Gasteiger partial charge on any atom is 0.129 e. The van der Waals surface area contributed by atoms with Crippen LogP contribution in [0.5, 0.6) is 11.5 Å². The second-order valence-corrected chi connectivity index (χ2v) is 6.22. The number of hydrogen-bond donors (Lipinski definition) is 1. The summed E-state index contributed by atoms with van der Waals surface area (Å²) in [5, 5.41) is 11.0. The fraction of sp³-hybridized carbons (Fsp3) is 0.250. The lowest BCUT2D eigenvalue weighted by Crippen LogP contribution is -2.19. The third-order valence-corrected chi connectivity index (χ3v) is 4.52. The molecule has 1 heterocycles. The molecule has 0 aliphatic carbocycles. The predicted molar refractivity (Wildman–Crippen MR) is 85.1 cm³/mol. The normalized spacial score (nSPS) is 20.6. The highest BCUT2D eigenvalue weighted by Gasteiger charge is 2.29. The molecule has 0 saturated heterocycles. The Balaban J connectivity index is 1.96. The Morgan fingerprint density at radius 2 is 2.00 bits per heavy atom. The number of rotatable bonds is 2. The van der Waals surface area contributed by atoms with Crippen LogP contribution in [0.1, 0.15) is 29.8 Å². The van der Waals surface area contributed by atoms with Crippen molar-refractivity contribution in [1.82, 2.24) is 0 Å². The molecule has 1 aliphatic rings. The number of aliphatic hydroxyl groups excluding tert-OH is 1. The topological polar surface area (TPSA) is 38.7 Å². The van der Waals surface area contributed by atoms with E-state index in [0.29, 0.717) is 22.9 Å². The van der Waals surface area contributed by atoms with Gasteiger partial charge in [-0.05, 0) is 24.3 Å². The summed E-state index contributed by atoms with van der Waals surface area (Å²) in [5.74, 6) is 1.36. The zero-order valence-corrected chi connectivity index (χ0v) is 13.7. The average Bonchev–Trinajstić information content (AvgIpc) is 2.46. The van der Waals surface area contributed by atoms with Gasteiger partial charge in [-0.3, -0.25) is 0 Å². The second kappa shape index (κ2) is 5.87. The van der Waals surface area contributed by atoms with Gasteiger partial charge in [-0.2, -0.15) is 0 Å². The first-order valence-corrected chi connectivity index (χ1v) is 7.73. The molecule has 1 N–H and O–H groups in total. The summed E-state index contributed by atoms with van der Waals surface area (Å²) < 4.78 is 12.1. The SMILES string of the molecule is COc1ccc2c(c1)OC(c1ccc(Cl)cc1Br)CC2O. The average molecular weight is 370 g/mol. The zero-order chi connectivity index (χ0) is 15.0. The Bertz CT molecular complexity index is 675. The number of hydrogen-bond acceptors (Lipinski definition) is 3. The van der Waals surface area contributed by atoms with E-state index in [0.717, 1.165) is 15.6 Å². The number of benzene rings is 2. The molecule has 0 bridgehead atoms. The summed E-state index contributed by atoms with van der Waals surface area (Å²) in [7, 11) is 1.61. The van der Waals surface area contributed by atoms with E-state index < -0.39 is 6.10 Å². The Morgan fingerprint density at radius 1 is 1.24 bits per heavy atom. The Morgan fingerprint density at radius 3 is 2.71 bits per heavy atom. The molecule has 0 fully saturated rings. The third kappa shape index (κ3) is 2.89. The van der Waals surface area contributed by atoms with Crippen LogP contribution in [-0.4, -0.2) is 12.2 Å². The molecule has 0 saturated carbocycles. The van der Waals surface area contributed by atoms with Crippen molar-refractivity contribution < 1.29 is 14.6 Å². The number of halogens is 2. The number of fused-ring (bicyclic) bond motifs is 1. The van der Waals surface area contributed by atoms with E-state index >= 15 is 0 Å². The van der Waals surface area contributed by atoms with Crippen LogP contribution < -0.4 is 9.47 Å². The summed E-state index contributed by atoms with van der Waals surface area (Å²) in [6, 6.07) is 11.0. The fourth-order valence-corrected chi connectivity index (χ4v) is 3.44. The van der Waals surface area contributed by atoms with Crippen molar-refractivity contribution >= 4 is 27.5 Å². The van der Waals surface area contributed by atoms with E-state index in [1.165, 1.54) is 0 Å². The van der Waals surface area contributed by atoms with Crippen molar-refractivity contribution in [3.05, 3.63) is 57.0 Å². The quantitative estimate of drug-likeness (QED) is 0.836. The number of ether oxygens (including phenoxy) is 2. The van der Waals surface area contributed by atoms with Crippen LogP contribution in [0.4, 0.5) is 0 Å². The minimum atomic E-state index is -0.563. The van der Waals surface area contributed by atoms with Crippen LogP contribution >= 0.6 is 27.5 Å². The molecular weight excluding hydrogens is 356 g/mol. The van der Waals surface area contributed by atoms with Crippen molar-refractivity contribution in [1.29, 1.82) is 0 Å². The predicted octanol–water partition coefficient (Wildman–Crippen LogP) is 4.67. The van der Waals surface area contributed by atoms with Gasteiger partial charge in [0.05, 0.1) is 13.2 Å². The van der Waals surface area contributed by atoms with Gasteiger partial charge in [-0.25, -0.2) is 0 Å². The molecule has 110 valence electrons. The van der Waals surface area contributed by atoms with E-state index in [1.54, 1.807) is 13.2 Å². The molecule has 3 nitrogen and oxygen atoms in total. The number of aliphatic hydroxyl groups is 1. The molecule has 1 aliphatic heterocycles. The Labute approximate surface area is 136 Å². The molecule has 2 aromatic carbocycles. The van der Waals surface area contributed by atoms with Crippen LogP contribution in [0.15, 0.2) is 40.9 Å². The maximum atomic E-state index is 10.3. The smallest absolute Gasteiger partial charge is 0.129 e. The summed E-state index contributed by atoms with van der Waals surface area (Å²) >= 11 is 9.47. The van der Waals surface area contributed by atoms with Crippen LogP contribution in [0, 0.1) is 0 Å². The van der Waals surface area contributed by atoms with E-state index in [9.17, 15) is 5.11 Å². The Hall–Kier alpha value is -1.23. The van der Waals surface area contributed by atoms with Gasteiger partial charge in [0.1, 0.15) is 17.6 Å². The molecule has 2 aromatic rings. The highest BCUT2D eigenvalue weighted by Crippen LogP contribution is 2.43. The molecule has 21 heavy (non-hydrogen) atoms. The van der Waals surface area contributed by atoms with E-state index in [1.807, 2.05) is 30.3 Å². The lowest BCUT2D eigenvalue weighted by Gasteiger charge is -2.30. The van der Waals surface area contributed by atoms with Gasteiger partial charge >= 0.3 is 0 Å². The molecule has 0 amide bonds. The molecule has 0 radical (unpaired) electrons. The zero-order valence-electron chi connectivity index (χ0n) is 11.3. The molecule has 2 atom stereocenters. The van der Waals surface area contributed by atoms with Crippen molar-refractivity contribution in [3.63, 3.8) is 0 Å². The Kier molecular flexibility index (Phi) is 4.11. The fourth-order valence-electron chi connectivity index (χ4n) is 2.50. The molecule has 0 aromatic heterocycles. The van der Waals surface area contributed by atoms with Gasteiger partial charge < -0.3 is 14.6 Å². The lowest BCUT2D eigenvalue weighted by molar-refractivity contribution is 0.0651. The molecular formula is C16H14BrClO3. The van der Waals surface area contributed by atoms with Gasteiger partial charge in [-0.1, -0.05) is 33.6 Å². The summed E-state index contributed by atoms with van der Waals surface area (Å²) in [5.41, 5.74) is 1.75. The van der Waals surface area contributed by atoms with E-state index in [4.69, 9.17) is 21.1 Å². The van der Waals surface area contributed by atoms with E-state index in [2.05, 4.69) is 15.9 Å². The summed E-state index contributed by atoms with van der Waals surface area (Å²) in [6.07, 6.45) is -0.294. The highest BCUT2D eigenvalue weighted by atomic mass is 79.9. The van der Waals surface area contributed by atoms with Crippen molar-refractivity contribution in [2.24, 2.45) is 0 Å². The summed E-state index contributed by atoms with van der Waals surface area (Å²) in [4.78, 5) is 0. The van der Waals surface area contributed by atoms with Gasteiger partial charge in [0.2, 0.25) is 0 Å². The molecule has 2 unspecified atom stereocenters. The van der Waals surface area contributed by atoms with Crippen molar-refractivity contribution in [2.75, 3.05) is 7.11 Å². The van der Waals surface area contributed by atoms with Gasteiger partial charge in [0, 0.05) is 33.1 Å². The van der Waals surface area contributed by atoms with Crippen molar-refractivity contribution in [3.8, 4) is 11.5 Å². The molecule has 3 rings (SSSR count). The second-order valence-electron chi connectivity index (χ2n) is 4.93. The maximum absolute atomic E-state index is 10.3. The first-order chi connectivity index (χ1) is 10.1. The van der Waals surface area contributed by atoms with Crippen LogP contribution in [0.2, 0.25) is 5.02 Å². The van der Waals surface area contributed by atoms with Gasteiger partial charge in [0.25, 0.3) is 0 Å². The van der Waals surface area contributed by atoms with Crippen LogP contribution in [-0.2, 0) is 0 Å². The van der Waals surface area contributed by atoms with Gasteiger partial charge in [0.15, 0.2) is 0 Å². The van der Waals surface area contributed by atoms with E-state index in [-0.39, 0.29) is 6.10 Å². The minimum Gasteiger partial charge on any atom is -0.497 e. The largest absolute Gasteiger partial charge is 0.497 e. The van der Waals surface area contributed by atoms with Crippen LogP contribution in [0.3, 0.4) is 0 Å². The molecule has 0 spiro atoms. The number of methoxy groups -OCH3 is 1. The standard InChI is InChI=1S/C16H14BrClO3/c1-20-10-3-5-12-14(19)8-16(21-15(12)7-10)11-4-2-9(18)6-13(11)17/h2-7,14,16,19H,8H2,1H3. The monoisotopic (exact) mass is 368 g/mol. The highest BCUT2D eigenvalue weighted by molar-refractivity contribution is 9.10. The van der Waals surface area contributed by atoms with Crippen LogP contribution in [0.25, 0.3) is 0 Å². The summed E-state index contributed by atoms with van der Waals surface area (Å²) in [6.45, 7) is 0. The third-order valence-electron chi connectivity index (χ3n) is 3.60. The first-order valence-electron chi connectivity index (χ1n) is 6.56. The molecule has 5 heteroatoms. The van der Waals surface area contributed by atoms with Gasteiger partial charge in [-0.15, -0.1) is 0 Å². The first kappa shape index (κ1) is 14.7. The lowest BCUT2D eigenvalue weighted by atomic mass is 9.95.